The normalized spacial score (nSPS) is 18.5. The minimum Gasteiger partial charge on any atom is -0.297 e. The van der Waals surface area contributed by atoms with Gasteiger partial charge in [0.1, 0.15) is 0 Å². The van der Waals surface area contributed by atoms with Crippen molar-refractivity contribution in [1.82, 2.24) is 25.1 Å². The maximum atomic E-state index is 6.38. The third kappa shape index (κ3) is 4.68. The van der Waals surface area contributed by atoms with E-state index < -0.39 is 0 Å². The third-order valence-corrected chi connectivity index (χ3v) is 6.58. The van der Waals surface area contributed by atoms with Crippen LogP contribution in [-0.2, 0) is 5.54 Å². The van der Waals surface area contributed by atoms with E-state index in [1.54, 1.807) is 6.07 Å². The van der Waals surface area contributed by atoms with E-state index in [0.717, 1.165) is 24.2 Å². The van der Waals surface area contributed by atoms with Gasteiger partial charge in [0.05, 0.1) is 11.6 Å². The zero-order valence-electron chi connectivity index (χ0n) is 18.0. The molecule has 0 unspecified atom stereocenters. The van der Waals surface area contributed by atoms with E-state index in [1.165, 1.54) is 19.3 Å². The molecule has 0 aliphatic heterocycles. The van der Waals surface area contributed by atoms with E-state index in [9.17, 15) is 0 Å². The van der Waals surface area contributed by atoms with Gasteiger partial charge in [0.25, 0.3) is 0 Å². The molecule has 1 atom stereocenters. The summed E-state index contributed by atoms with van der Waals surface area (Å²) in [5, 5.41) is 14.4. The van der Waals surface area contributed by atoms with Crippen LogP contribution in [0.1, 0.15) is 70.3 Å². The van der Waals surface area contributed by atoms with Crippen molar-refractivity contribution in [3.8, 4) is 0 Å². The maximum Gasteiger partial charge on any atom is 0.172 e. The van der Waals surface area contributed by atoms with Crippen molar-refractivity contribution in [2.24, 2.45) is 5.41 Å². The first-order valence-electron chi connectivity index (χ1n) is 10.2. The van der Waals surface area contributed by atoms with Crippen LogP contribution in [0, 0.1) is 5.41 Å². The Kier molecular flexibility index (Phi) is 6.71. The number of nitrogens with zero attached hydrogens (tertiary/aromatic N) is 5. The fourth-order valence-electron chi connectivity index (χ4n) is 4.26. The number of aromatic nitrogens is 4. The van der Waals surface area contributed by atoms with E-state index in [4.69, 9.17) is 23.2 Å². The molecule has 0 radical (unpaired) electrons. The number of halogens is 2. The molecule has 1 saturated carbocycles. The molecule has 0 bridgehead atoms. The fourth-order valence-corrected chi connectivity index (χ4v) is 4.73. The SMILES string of the molecule is CN(C)C1(c2nnnn2[C@H](/C=C\c2ccc(Cl)cc2Cl)C(C)(C)C)CCCCC1. The van der Waals surface area contributed by atoms with Gasteiger partial charge in [-0.2, -0.15) is 0 Å². The Morgan fingerprint density at radius 2 is 1.83 bits per heavy atom. The van der Waals surface area contributed by atoms with Crippen LogP contribution in [0.2, 0.25) is 10.0 Å². The average molecular weight is 436 g/mol. The molecule has 1 aromatic carbocycles. The Hall–Kier alpha value is -1.43. The Morgan fingerprint density at radius 3 is 2.41 bits per heavy atom. The molecule has 1 aliphatic carbocycles. The molecule has 0 saturated heterocycles. The highest BCUT2D eigenvalue weighted by Crippen LogP contribution is 2.42. The molecular formula is C22H31Cl2N5. The van der Waals surface area contributed by atoms with Crippen LogP contribution < -0.4 is 0 Å². The van der Waals surface area contributed by atoms with Crippen LogP contribution >= 0.6 is 23.2 Å². The standard InChI is InChI=1S/C22H31Cl2N5/c1-21(2,3)19(12-10-16-9-11-17(23)15-18(16)24)29-20(25-26-27-29)22(28(4)5)13-7-6-8-14-22/h9-12,15,19H,6-8,13-14H2,1-5H3/b12-10-/t19-/m1/s1. The van der Waals surface area contributed by atoms with Gasteiger partial charge in [-0.3, -0.25) is 4.90 Å². The summed E-state index contributed by atoms with van der Waals surface area (Å²) >= 11 is 12.4. The fraction of sp³-hybridized carbons (Fsp3) is 0.591. The van der Waals surface area contributed by atoms with Gasteiger partial charge in [0.15, 0.2) is 5.82 Å². The monoisotopic (exact) mass is 435 g/mol. The van der Waals surface area contributed by atoms with Crippen molar-refractivity contribution in [2.75, 3.05) is 14.1 Å². The Labute approximate surface area is 184 Å². The minimum atomic E-state index is -0.128. The minimum absolute atomic E-state index is 0.0157. The van der Waals surface area contributed by atoms with Crippen molar-refractivity contribution in [1.29, 1.82) is 0 Å². The molecule has 1 aliphatic rings. The summed E-state index contributed by atoms with van der Waals surface area (Å²) in [6.45, 7) is 6.63. The third-order valence-electron chi connectivity index (χ3n) is 6.02. The van der Waals surface area contributed by atoms with Gasteiger partial charge in [-0.1, -0.05) is 81.5 Å². The Bertz CT molecular complexity index is 860. The van der Waals surface area contributed by atoms with Crippen LogP contribution in [0.3, 0.4) is 0 Å². The number of rotatable bonds is 5. The Balaban J connectivity index is 2.03. The van der Waals surface area contributed by atoms with E-state index in [0.29, 0.717) is 10.0 Å². The number of hydrogen-bond acceptors (Lipinski definition) is 4. The second-order valence-electron chi connectivity index (χ2n) is 9.27. The lowest BCUT2D eigenvalue weighted by Crippen LogP contribution is -2.46. The summed E-state index contributed by atoms with van der Waals surface area (Å²) in [5.74, 6) is 0.953. The van der Waals surface area contributed by atoms with Crippen LogP contribution in [0.25, 0.3) is 6.08 Å². The summed E-state index contributed by atoms with van der Waals surface area (Å²) < 4.78 is 2.02. The summed E-state index contributed by atoms with van der Waals surface area (Å²) in [7, 11) is 4.28. The van der Waals surface area contributed by atoms with Gasteiger partial charge in [-0.25, -0.2) is 4.68 Å². The molecule has 2 aromatic rings. The van der Waals surface area contributed by atoms with Gasteiger partial charge >= 0.3 is 0 Å². The molecule has 158 valence electrons. The second-order valence-corrected chi connectivity index (χ2v) is 10.1. The van der Waals surface area contributed by atoms with Crippen molar-refractivity contribution < 1.29 is 0 Å². The van der Waals surface area contributed by atoms with E-state index >= 15 is 0 Å². The van der Waals surface area contributed by atoms with Gasteiger partial charge in [0, 0.05) is 10.0 Å². The molecular weight excluding hydrogens is 405 g/mol. The molecule has 1 heterocycles. The van der Waals surface area contributed by atoms with Crippen molar-refractivity contribution in [2.45, 2.75) is 64.5 Å². The number of hydrogen-bond donors (Lipinski definition) is 0. The summed E-state index contributed by atoms with van der Waals surface area (Å²) in [6.07, 6.45) is 10.0. The molecule has 3 rings (SSSR count). The highest BCUT2D eigenvalue weighted by molar-refractivity contribution is 6.35. The van der Waals surface area contributed by atoms with Gasteiger partial charge in [0.2, 0.25) is 0 Å². The van der Waals surface area contributed by atoms with E-state index in [-0.39, 0.29) is 17.0 Å². The molecule has 0 amide bonds. The predicted octanol–water partition coefficient (Wildman–Crippen LogP) is 6.00. The topological polar surface area (TPSA) is 46.8 Å². The first kappa shape index (κ1) is 22.3. The number of benzene rings is 1. The smallest absolute Gasteiger partial charge is 0.172 e. The molecule has 0 spiro atoms. The molecule has 29 heavy (non-hydrogen) atoms. The van der Waals surface area contributed by atoms with E-state index in [2.05, 4.69) is 61.4 Å². The quantitative estimate of drug-likeness (QED) is 0.577. The summed E-state index contributed by atoms with van der Waals surface area (Å²) in [5.41, 5.74) is 0.721. The van der Waals surface area contributed by atoms with E-state index in [1.807, 2.05) is 22.9 Å². The lowest BCUT2D eigenvalue weighted by Gasteiger charge is -2.43. The number of tetrazole rings is 1. The molecule has 1 aromatic heterocycles. The molecule has 7 heteroatoms. The molecule has 5 nitrogen and oxygen atoms in total. The highest BCUT2D eigenvalue weighted by Gasteiger charge is 2.42. The lowest BCUT2D eigenvalue weighted by atomic mass is 9.79. The van der Waals surface area contributed by atoms with Crippen LogP contribution in [0.5, 0.6) is 0 Å². The zero-order valence-corrected chi connectivity index (χ0v) is 19.5. The van der Waals surface area contributed by atoms with Crippen LogP contribution in [0.15, 0.2) is 24.3 Å². The first-order chi connectivity index (χ1) is 13.6. The summed E-state index contributed by atoms with van der Waals surface area (Å²) in [6, 6.07) is 5.53. The molecule has 1 fully saturated rings. The maximum absolute atomic E-state index is 6.38. The lowest BCUT2D eigenvalue weighted by molar-refractivity contribution is 0.0783. The predicted molar refractivity (Wildman–Crippen MR) is 120 cm³/mol. The van der Waals surface area contributed by atoms with Crippen molar-refractivity contribution in [3.63, 3.8) is 0 Å². The van der Waals surface area contributed by atoms with Gasteiger partial charge in [-0.05, 0) is 60.5 Å². The largest absolute Gasteiger partial charge is 0.297 e. The second kappa shape index (κ2) is 8.75. The van der Waals surface area contributed by atoms with Crippen LogP contribution in [-0.4, -0.2) is 39.2 Å². The highest BCUT2D eigenvalue weighted by atomic mass is 35.5. The zero-order chi connectivity index (χ0) is 21.2. The number of allylic oxidation sites excluding steroid dienone is 1. The first-order valence-corrected chi connectivity index (χ1v) is 11.0. The molecule has 0 N–H and O–H groups in total. The van der Waals surface area contributed by atoms with Crippen molar-refractivity contribution >= 4 is 29.3 Å². The summed E-state index contributed by atoms with van der Waals surface area (Å²) in [4.78, 5) is 2.30. The van der Waals surface area contributed by atoms with Gasteiger partial charge < -0.3 is 0 Å². The average Bonchev–Trinajstić information content (AvgIpc) is 3.12. The van der Waals surface area contributed by atoms with Crippen molar-refractivity contribution in [3.05, 3.63) is 45.7 Å². The van der Waals surface area contributed by atoms with Crippen LogP contribution in [0.4, 0.5) is 0 Å². The Morgan fingerprint density at radius 1 is 1.14 bits per heavy atom. The van der Waals surface area contributed by atoms with Gasteiger partial charge in [-0.15, -0.1) is 5.10 Å².